The molecule has 7 heterocycles. The molecule has 9 rings (SSSR count). The highest BCUT2D eigenvalue weighted by Gasteiger charge is 1.90. The molecule has 0 unspecified atom stereocenters. The highest BCUT2D eigenvalue weighted by atomic mass is 32.1. The van der Waals surface area contributed by atoms with Crippen molar-refractivity contribution in [1.29, 1.82) is 0 Å². The van der Waals surface area contributed by atoms with Crippen molar-refractivity contribution in [2.45, 2.75) is 211 Å². The number of furan rings is 3. The number of pyridine rings is 1. The van der Waals surface area contributed by atoms with Crippen molar-refractivity contribution in [3.8, 4) is 0 Å². The quantitative estimate of drug-likeness (QED) is 0.151. The van der Waals surface area contributed by atoms with E-state index < -0.39 is 0 Å². The fraction of sp³-hybridized carbons (Fsp3) is 0.507. The van der Waals surface area contributed by atoms with E-state index >= 15 is 0 Å². The fourth-order valence-corrected chi connectivity index (χ4v) is 4.78. The van der Waals surface area contributed by atoms with E-state index in [9.17, 15) is 4.79 Å². The number of ether oxygens (including phenoxy) is 1. The van der Waals surface area contributed by atoms with Gasteiger partial charge in [0.1, 0.15) is 5.58 Å². The van der Waals surface area contributed by atoms with Crippen molar-refractivity contribution in [3.63, 3.8) is 0 Å². The van der Waals surface area contributed by atoms with Gasteiger partial charge in [-0.3, -0.25) is 14.8 Å². The smallest absolute Gasteiger partial charge is 0.302 e. The monoisotopic (exact) mass is 1240 g/mol. The number of nitrogens with zero attached hydrogens (tertiary/aromatic N) is 2. The molecule has 0 radical (unpaired) electrons. The van der Waals surface area contributed by atoms with E-state index in [0.29, 0.717) is 6.61 Å². The van der Waals surface area contributed by atoms with Gasteiger partial charge in [-0.2, -0.15) is 11.3 Å². The molecule has 9 aromatic rings. The summed E-state index contributed by atoms with van der Waals surface area (Å²) in [6, 6.07) is 37.5. The van der Waals surface area contributed by atoms with Gasteiger partial charge in [-0.1, -0.05) is 252 Å². The van der Waals surface area contributed by atoms with Gasteiger partial charge in [0, 0.05) is 41.0 Å². The molecule has 0 aliphatic heterocycles. The average molecular weight is 1240 g/mol. The number of benzene rings is 2. The molecule has 85 heavy (non-hydrogen) atoms. The number of fused-ring (bicyclic) bond motifs is 2. The van der Waals surface area contributed by atoms with Crippen LogP contribution >= 0.6 is 34.0 Å². The van der Waals surface area contributed by atoms with Gasteiger partial charge in [0.05, 0.1) is 43.4 Å². The van der Waals surface area contributed by atoms with Crippen LogP contribution < -0.4 is 0 Å². The van der Waals surface area contributed by atoms with E-state index in [4.69, 9.17) is 4.42 Å². The van der Waals surface area contributed by atoms with Crippen LogP contribution in [0.25, 0.3) is 21.1 Å². The van der Waals surface area contributed by atoms with Crippen molar-refractivity contribution >= 4 is 61.0 Å². The van der Waals surface area contributed by atoms with Crippen LogP contribution in [0.4, 0.5) is 0 Å². The lowest BCUT2D eigenvalue weighted by molar-refractivity contribution is -0.140. The Morgan fingerprint density at radius 2 is 0.776 bits per heavy atom. The fourth-order valence-electron chi connectivity index (χ4n) is 3.18. The predicted octanol–water partition coefficient (Wildman–Crippen LogP) is 28.5. The summed E-state index contributed by atoms with van der Waals surface area (Å²) < 4.78 is 20.1. The molecule has 0 saturated heterocycles. The Morgan fingerprint density at radius 3 is 1.00 bits per heavy atom. The molecule has 0 amide bonds. The van der Waals surface area contributed by atoms with Crippen LogP contribution in [0.3, 0.4) is 0 Å². The Morgan fingerprint density at radius 1 is 0.400 bits per heavy atom. The number of hydrogen-bond donors (Lipinski definition) is 0. The van der Waals surface area contributed by atoms with Crippen LogP contribution in [-0.2, 0) is 9.53 Å². The van der Waals surface area contributed by atoms with Gasteiger partial charge in [0.2, 0.25) is 0 Å². The number of carbonyl (C=O) groups is 1. The molecule has 7 aromatic heterocycles. The van der Waals surface area contributed by atoms with E-state index in [-0.39, 0.29) is 58.0 Å². The van der Waals surface area contributed by atoms with Crippen molar-refractivity contribution < 1.29 is 22.8 Å². The highest BCUT2D eigenvalue weighted by molar-refractivity contribution is 7.17. The van der Waals surface area contributed by atoms with E-state index in [1.54, 1.807) is 96.4 Å². The molecule has 7 nitrogen and oxygen atoms in total. The SMILES string of the molecule is C.C.C.C.C.C.C.CC(C)C.CC(C)C.CC(C)C.CC(C)C.CC(C)C.CC(C)C.CC(C)C.CCOC(C)=O.c1ccc2occc2c1.c1ccc2sccc2c1.c1ccncc1.c1ccoc1.c1ccoc1.c1ccsc1.c1cscn1. The van der Waals surface area contributed by atoms with Crippen LogP contribution in [0, 0.1) is 41.4 Å². The number of esters is 1. The van der Waals surface area contributed by atoms with Crippen molar-refractivity contribution in [2.75, 3.05) is 6.61 Å². The number of rotatable bonds is 1. The maximum Gasteiger partial charge on any atom is 0.302 e. The van der Waals surface area contributed by atoms with Crippen molar-refractivity contribution in [2.24, 2.45) is 41.4 Å². The van der Waals surface area contributed by atoms with E-state index in [2.05, 4.69) is 205 Å². The zero-order chi connectivity index (χ0) is 60.6. The second-order valence-corrected chi connectivity index (χ2v) is 23.6. The molecule has 0 spiro atoms. The van der Waals surface area contributed by atoms with Gasteiger partial charge < -0.3 is 18.0 Å². The minimum Gasteiger partial charge on any atom is -0.473 e. The lowest BCUT2D eigenvalue weighted by atomic mass is 10.3. The zero-order valence-corrected chi connectivity index (χ0v) is 55.3. The van der Waals surface area contributed by atoms with Gasteiger partial charge in [-0.25, -0.2) is 0 Å². The highest BCUT2D eigenvalue weighted by Crippen LogP contribution is 2.19. The molecule has 0 bridgehead atoms. The maximum atomic E-state index is 9.82. The third kappa shape index (κ3) is 139. The second-order valence-electron chi connectivity index (χ2n) is 21.0. The summed E-state index contributed by atoms with van der Waals surface area (Å²) in [6.07, 6.45) is 13.5. The van der Waals surface area contributed by atoms with Gasteiger partial charge >= 0.3 is 5.97 Å². The summed E-state index contributed by atoms with van der Waals surface area (Å²) in [4.78, 5) is 17.3. The largest absolute Gasteiger partial charge is 0.473 e. The van der Waals surface area contributed by atoms with Crippen molar-refractivity contribution in [1.82, 2.24) is 9.97 Å². The summed E-state index contributed by atoms with van der Waals surface area (Å²) in [6.45, 7) is 49.2. The minimum atomic E-state index is -0.211. The third-order valence-electron chi connectivity index (χ3n) is 5.26. The van der Waals surface area contributed by atoms with Crippen LogP contribution in [0.2, 0.25) is 0 Å². The molecule has 10 heteroatoms. The normalized spacial score (nSPS) is 8.12. The first-order valence-electron chi connectivity index (χ1n) is 27.4. The first kappa shape index (κ1) is 111. The Labute approximate surface area is 542 Å². The number of thiazole rings is 1. The second kappa shape index (κ2) is 89.7. The van der Waals surface area contributed by atoms with Gasteiger partial charge in [0.25, 0.3) is 0 Å². The molecule has 0 fully saturated rings. The summed E-state index contributed by atoms with van der Waals surface area (Å²) in [5, 5.41) is 10.6. The van der Waals surface area contributed by atoms with E-state index in [0.717, 1.165) is 52.4 Å². The molecule has 0 N–H and O–H groups in total. The lowest BCUT2D eigenvalue weighted by Crippen LogP contribution is -1.95. The Bertz CT molecular complexity index is 1860. The van der Waals surface area contributed by atoms with Crippen LogP contribution in [-0.4, -0.2) is 22.5 Å². The van der Waals surface area contributed by atoms with Gasteiger partial charge in [0.15, 0.2) is 0 Å². The molecule has 0 aliphatic carbocycles. The minimum absolute atomic E-state index is 0. The maximum absolute atomic E-state index is 9.82. The third-order valence-corrected chi connectivity index (χ3v) is 7.31. The number of hydrogen-bond acceptors (Lipinski definition) is 10. The van der Waals surface area contributed by atoms with Gasteiger partial charge in [-0.05, 0) is 131 Å². The van der Waals surface area contributed by atoms with Crippen LogP contribution in [0.1, 0.15) is 211 Å². The van der Waals surface area contributed by atoms with Crippen LogP contribution in [0.5, 0.6) is 0 Å². The number of carbonyl (C=O) groups excluding carboxylic acids is 1. The molecule has 2 aromatic carbocycles. The Kier molecular flexibility index (Phi) is 117. The average Bonchev–Trinajstić information content (AvgIpc) is 4.22. The molecule has 0 atom stereocenters. The molecular weight excluding hydrogens is 1110 g/mol. The van der Waals surface area contributed by atoms with E-state index in [1.165, 1.54) is 17.0 Å². The summed E-state index contributed by atoms with van der Waals surface area (Å²) in [5.41, 5.74) is 2.75. The Balaban J connectivity index is -0.0000000597. The first-order chi connectivity index (χ1) is 36.8. The standard InChI is InChI=1S/C8H6O.C8H6S.C5H5N.C4H8O2.2C4H4O.C4H4S.7C4H10.C3H3NS.7CH4/c2*1-2-4-8-7(3-1)5-6-9-8;1-2-4-6-5-3-1;1-3-6-4(2)5;3*1-2-4-5-3-1;7*1-4(2)3;1-2-5-3-4-1;;;;;;;/h2*1-6H;1-5H;3H2,1-2H3;3*1-4H;7*4H,1-3H3;1-3H;7*1H4. The van der Waals surface area contributed by atoms with E-state index in [1.807, 2.05) is 101 Å². The lowest BCUT2D eigenvalue weighted by Gasteiger charge is -1.89. The topological polar surface area (TPSA) is 91.5 Å². The summed E-state index contributed by atoms with van der Waals surface area (Å²) in [7, 11) is 0. The molecule has 0 aliphatic rings. The molecule has 496 valence electrons. The van der Waals surface area contributed by atoms with Crippen LogP contribution in [0.15, 0.2) is 205 Å². The van der Waals surface area contributed by atoms with Gasteiger partial charge in [-0.15, -0.1) is 22.7 Å². The molecular formula is C75H138N2O5S3. The predicted molar refractivity (Wildman–Crippen MR) is 399 cm³/mol. The zero-order valence-electron chi connectivity index (χ0n) is 52.9. The molecule has 0 saturated carbocycles. The summed E-state index contributed by atoms with van der Waals surface area (Å²) in [5.74, 6) is 5.62. The van der Waals surface area contributed by atoms with Crippen molar-refractivity contribution in [3.05, 3.63) is 192 Å². The summed E-state index contributed by atoms with van der Waals surface area (Å²) >= 11 is 5.10. The number of aromatic nitrogens is 2. The number of para-hydroxylation sites is 1. The number of thiophene rings is 2. The Hall–Kier alpha value is -5.55. The first-order valence-corrected chi connectivity index (χ1v) is 30.2.